The monoisotopic (exact) mass is 185 g/mol. The first-order valence-electron chi connectivity index (χ1n) is 3.83. The average molecular weight is 186 g/mol. The molecular weight excluding hydrogens is 174 g/mol. The van der Waals surface area contributed by atoms with E-state index in [9.17, 15) is 5.11 Å². The summed E-state index contributed by atoms with van der Waals surface area (Å²) in [6, 6.07) is 4.99. The predicted molar refractivity (Wildman–Crippen MR) is 50.6 cm³/mol. The smallest absolute Gasteiger partial charge is 0.119 e. The first kappa shape index (κ1) is 9.36. The molecule has 0 aliphatic rings. The molecular formula is C9H12ClNO. The highest BCUT2D eigenvalue weighted by atomic mass is 35.5. The number of phenolic OH excluding ortho intramolecular Hbond substituents is 1. The lowest BCUT2D eigenvalue weighted by Crippen LogP contribution is -2.08. The highest BCUT2D eigenvalue weighted by Crippen LogP contribution is 2.27. The highest BCUT2D eigenvalue weighted by molar-refractivity contribution is 6.30. The molecule has 1 rings (SSSR count). The van der Waals surface area contributed by atoms with Crippen molar-refractivity contribution in [3.05, 3.63) is 28.8 Å². The quantitative estimate of drug-likeness (QED) is 0.742. The number of hydrogen-bond donors (Lipinski definition) is 2. The minimum atomic E-state index is 0.142. The summed E-state index contributed by atoms with van der Waals surface area (Å²) in [7, 11) is 0. The topological polar surface area (TPSA) is 46.2 Å². The Morgan fingerprint density at radius 2 is 2.25 bits per heavy atom. The molecule has 0 aromatic heterocycles. The molecule has 1 aromatic carbocycles. The maximum atomic E-state index is 9.42. The Morgan fingerprint density at radius 1 is 1.58 bits per heavy atom. The van der Waals surface area contributed by atoms with E-state index < -0.39 is 0 Å². The van der Waals surface area contributed by atoms with Crippen LogP contribution in [0.1, 0.15) is 18.4 Å². The maximum Gasteiger partial charge on any atom is 0.119 e. The number of rotatable bonds is 2. The van der Waals surface area contributed by atoms with Crippen LogP contribution in [-0.4, -0.2) is 11.7 Å². The van der Waals surface area contributed by atoms with Crippen molar-refractivity contribution in [2.24, 2.45) is 5.73 Å². The molecule has 0 spiro atoms. The van der Waals surface area contributed by atoms with E-state index in [1.54, 1.807) is 18.2 Å². The Kier molecular flexibility index (Phi) is 2.95. The number of benzene rings is 1. The van der Waals surface area contributed by atoms with Gasteiger partial charge in [-0.2, -0.15) is 0 Å². The summed E-state index contributed by atoms with van der Waals surface area (Å²) in [5, 5.41) is 10.1. The van der Waals surface area contributed by atoms with Gasteiger partial charge in [0.2, 0.25) is 0 Å². The normalized spacial score (nSPS) is 12.9. The van der Waals surface area contributed by atoms with Crippen LogP contribution < -0.4 is 5.73 Å². The van der Waals surface area contributed by atoms with Crippen molar-refractivity contribution >= 4 is 11.6 Å². The van der Waals surface area contributed by atoms with Gasteiger partial charge in [0.25, 0.3) is 0 Å². The molecule has 0 saturated carbocycles. The van der Waals surface area contributed by atoms with Crippen molar-refractivity contribution in [3.8, 4) is 5.75 Å². The minimum absolute atomic E-state index is 0.142. The fraction of sp³-hybridized carbons (Fsp3) is 0.333. The van der Waals surface area contributed by atoms with E-state index in [0.29, 0.717) is 11.6 Å². The second kappa shape index (κ2) is 3.78. The van der Waals surface area contributed by atoms with Crippen LogP contribution in [0.4, 0.5) is 0 Å². The zero-order chi connectivity index (χ0) is 9.14. The minimum Gasteiger partial charge on any atom is -0.508 e. The Balaban J connectivity index is 3.04. The summed E-state index contributed by atoms with van der Waals surface area (Å²) in [5.41, 5.74) is 6.28. The third kappa shape index (κ3) is 1.90. The van der Waals surface area contributed by atoms with E-state index in [-0.39, 0.29) is 11.7 Å². The molecule has 1 aromatic rings. The number of phenols is 1. The standard InChI is InChI=1S/C9H12ClNO/c1-6(5-11)8-4-7(10)2-3-9(8)12/h2-4,6,12H,5,11H2,1H3. The fourth-order valence-electron chi connectivity index (χ4n) is 1.05. The molecule has 0 amide bonds. The summed E-state index contributed by atoms with van der Waals surface area (Å²) in [6.45, 7) is 2.46. The lowest BCUT2D eigenvalue weighted by Gasteiger charge is -2.10. The highest BCUT2D eigenvalue weighted by Gasteiger charge is 2.08. The maximum absolute atomic E-state index is 9.42. The molecule has 1 unspecified atom stereocenters. The van der Waals surface area contributed by atoms with Crippen LogP contribution in [0.3, 0.4) is 0 Å². The van der Waals surface area contributed by atoms with Gasteiger partial charge in [-0.1, -0.05) is 18.5 Å². The number of aromatic hydroxyl groups is 1. The largest absolute Gasteiger partial charge is 0.508 e. The molecule has 0 aliphatic heterocycles. The van der Waals surface area contributed by atoms with Gasteiger partial charge >= 0.3 is 0 Å². The van der Waals surface area contributed by atoms with Gasteiger partial charge < -0.3 is 10.8 Å². The van der Waals surface area contributed by atoms with E-state index in [4.69, 9.17) is 17.3 Å². The molecule has 3 heteroatoms. The predicted octanol–water partition coefficient (Wildman–Crippen LogP) is 2.11. The molecule has 0 bridgehead atoms. The van der Waals surface area contributed by atoms with E-state index in [1.165, 1.54) is 0 Å². The van der Waals surface area contributed by atoms with Crippen LogP contribution >= 0.6 is 11.6 Å². The molecule has 2 nitrogen and oxygen atoms in total. The van der Waals surface area contributed by atoms with Crippen LogP contribution in [0.2, 0.25) is 5.02 Å². The van der Waals surface area contributed by atoms with Gasteiger partial charge in [-0.15, -0.1) is 0 Å². The Bertz CT molecular complexity index is 275. The third-order valence-corrected chi connectivity index (χ3v) is 2.11. The van der Waals surface area contributed by atoms with Crippen molar-refractivity contribution in [2.45, 2.75) is 12.8 Å². The van der Waals surface area contributed by atoms with Gasteiger partial charge in [0.05, 0.1) is 0 Å². The van der Waals surface area contributed by atoms with Crippen molar-refractivity contribution in [1.82, 2.24) is 0 Å². The molecule has 12 heavy (non-hydrogen) atoms. The van der Waals surface area contributed by atoms with Crippen LogP contribution in [0, 0.1) is 0 Å². The number of nitrogens with two attached hydrogens (primary N) is 1. The second-order valence-corrected chi connectivity index (χ2v) is 3.28. The van der Waals surface area contributed by atoms with Gasteiger partial charge in [0, 0.05) is 5.02 Å². The van der Waals surface area contributed by atoms with E-state index >= 15 is 0 Å². The first-order chi connectivity index (χ1) is 5.65. The van der Waals surface area contributed by atoms with Crippen LogP contribution in [-0.2, 0) is 0 Å². The fourth-order valence-corrected chi connectivity index (χ4v) is 1.23. The average Bonchev–Trinajstić information content (AvgIpc) is 2.08. The van der Waals surface area contributed by atoms with Gasteiger partial charge in [0.15, 0.2) is 0 Å². The Morgan fingerprint density at radius 3 is 2.83 bits per heavy atom. The Hall–Kier alpha value is -0.730. The van der Waals surface area contributed by atoms with Crippen molar-refractivity contribution in [3.63, 3.8) is 0 Å². The SMILES string of the molecule is CC(CN)c1cc(Cl)ccc1O. The van der Waals surface area contributed by atoms with Crippen molar-refractivity contribution in [2.75, 3.05) is 6.54 Å². The van der Waals surface area contributed by atoms with Gasteiger partial charge in [-0.25, -0.2) is 0 Å². The van der Waals surface area contributed by atoms with Crippen molar-refractivity contribution < 1.29 is 5.11 Å². The molecule has 0 aliphatic carbocycles. The lowest BCUT2D eigenvalue weighted by atomic mass is 10.0. The zero-order valence-corrected chi connectivity index (χ0v) is 7.67. The molecule has 3 N–H and O–H groups in total. The van der Waals surface area contributed by atoms with Crippen molar-refractivity contribution in [1.29, 1.82) is 0 Å². The lowest BCUT2D eigenvalue weighted by molar-refractivity contribution is 0.463. The molecule has 0 heterocycles. The summed E-state index contributed by atoms with van der Waals surface area (Å²) in [5.74, 6) is 0.404. The van der Waals surface area contributed by atoms with Gasteiger partial charge in [-0.05, 0) is 36.2 Å². The van der Waals surface area contributed by atoms with Gasteiger partial charge in [0.1, 0.15) is 5.75 Å². The molecule has 0 radical (unpaired) electrons. The molecule has 1 atom stereocenters. The summed E-state index contributed by atoms with van der Waals surface area (Å²) in [4.78, 5) is 0. The van der Waals surface area contributed by atoms with Crippen LogP contribution in [0.25, 0.3) is 0 Å². The van der Waals surface area contributed by atoms with E-state index in [1.807, 2.05) is 6.92 Å². The summed E-state index contributed by atoms with van der Waals surface area (Å²) < 4.78 is 0. The number of hydrogen-bond acceptors (Lipinski definition) is 2. The molecule has 0 saturated heterocycles. The second-order valence-electron chi connectivity index (χ2n) is 2.84. The van der Waals surface area contributed by atoms with E-state index in [0.717, 1.165) is 5.56 Å². The summed E-state index contributed by atoms with van der Waals surface area (Å²) in [6.07, 6.45) is 0. The third-order valence-electron chi connectivity index (χ3n) is 1.87. The van der Waals surface area contributed by atoms with Crippen LogP contribution in [0.15, 0.2) is 18.2 Å². The summed E-state index contributed by atoms with van der Waals surface area (Å²) >= 11 is 5.77. The zero-order valence-electron chi connectivity index (χ0n) is 6.92. The van der Waals surface area contributed by atoms with E-state index in [2.05, 4.69) is 0 Å². The molecule has 0 fully saturated rings. The first-order valence-corrected chi connectivity index (χ1v) is 4.21. The van der Waals surface area contributed by atoms with Gasteiger partial charge in [-0.3, -0.25) is 0 Å². The Labute approximate surface area is 77.0 Å². The van der Waals surface area contributed by atoms with Crippen LogP contribution in [0.5, 0.6) is 5.75 Å². The number of halogens is 1. The molecule has 66 valence electrons.